The zero-order valence-corrected chi connectivity index (χ0v) is 13.2. The molecule has 1 aromatic carbocycles. The molecule has 3 atom stereocenters. The SMILES string of the molecule is CC1COC(CCc2ccccc2)CN1C(=O)C1CCCO1. The summed E-state index contributed by atoms with van der Waals surface area (Å²) in [6.45, 7) is 4.08. The Hall–Kier alpha value is -1.39. The number of hydrogen-bond acceptors (Lipinski definition) is 3. The van der Waals surface area contributed by atoms with Gasteiger partial charge in [0.05, 0.1) is 18.8 Å². The van der Waals surface area contributed by atoms with Crippen LogP contribution in [0.1, 0.15) is 31.7 Å². The van der Waals surface area contributed by atoms with E-state index in [4.69, 9.17) is 9.47 Å². The molecule has 0 bridgehead atoms. The first-order valence-corrected chi connectivity index (χ1v) is 8.31. The Labute approximate surface area is 132 Å². The molecule has 0 saturated carbocycles. The van der Waals surface area contributed by atoms with Gasteiger partial charge < -0.3 is 14.4 Å². The summed E-state index contributed by atoms with van der Waals surface area (Å²) >= 11 is 0. The van der Waals surface area contributed by atoms with Gasteiger partial charge in [0.1, 0.15) is 6.10 Å². The number of benzene rings is 1. The third kappa shape index (κ3) is 3.68. The topological polar surface area (TPSA) is 38.8 Å². The number of aryl methyl sites for hydroxylation is 1. The maximum absolute atomic E-state index is 12.6. The highest BCUT2D eigenvalue weighted by molar-refractivity contribution is 5.81. The first kappa shape index (κ1) is 15.5. The Kier molecular flexibility index (Phi) is 5.11. The molecular formula is C18H25NO3. The number of morpholine rings is 1. The summed E-state index contributed by atoms with van der Waals surface area (Å²) in [5.41, 5.74) is 1.32. The molecule has 0 aromatic heterocycles. The molecule has 0 N–H and O–H groups in total. The summed E-state index contributed by atoms with van der Waals surface area (Å²) < 4.78 is 11.5. The van der Waals surface area contributed by atoms with Gasteiger partial charge in [0.25, 0.3) is 5.91 Å². The molecule has 2 aliphatic heterocycles. The second-order valence-corrected chi connectivity index (χ2v) is 6.32. The van der Waals surface area contributed by atoms with Crippen LogP contribution in [0.2, 0.25) is 0 Å². The predicted molar refractivity (Wildman–Crippen MR) is 84.7 cm³/mol. The Morgan fingerprint density at radius 3 is 2.82 bits per heavy atom. The fourth-order valence-corrected chi connectivity index (χ4v) is 3.23. The average Bonchev–Trinajstić information content (AvgIpc) is 3.09. The van der Waals surface area contributed by atoms with Crippen molar-refractivity contribution in [2.45, 2.75) is 50.9 Å². The summed E-state index contributed by atoms with van der Waals surface area (Å²) in [6.07, 6.45) is 3.69. The van der Waals surface area contributed by atoms with E-state index in [1.165, 1.54) is 5.56 Å². The van der Waals surface area contributed by atoms with Gasteiger partial charge in [-0.3, -0.25) is 4.79 Å². The van der Waals surface area contributed by atoms with Gasteiger partial charge in [-0.25, -0.2) is 0 Å². The summed E-state index contributed by atoms with van der Waals surface area (Å²) in [4.78, 5) is 14.5. The Balaban J connectivity index is 1.55. The van der Waals surface area contributed by atoms with Gasteiger partial charge in [-0.2, -0.15) is 0 Å². The van der Waals surface area contributed by atoms with Gasteiger partial charge in [0.15, 0.2) is 0 Å². The number of ether oxygens (including phenoxy) is 2. The highest BCUT2D eigenvalue weighted by Gasteiger charge is 2.35. The van der Waals surface area contributed by atoms with Crippen LogP contribution in [0.3, 0.4) is 0 Å². The van der Waals surface area contributed by atoms with Crippen molar-refractivity contribution in [1.82, 2.24) is 4.90 Å². The summed E-state index contributed by atoms with van der Waals surface area (Å²) in [6, 6.07) is 10.6. The van der Waals surface area contributed by atoms with Crippen LogP contribution in [-0.2, 0) is 20.7 Å². The van der Waals surface area contributed by atoms with E-state index in [0.717, 1.165) is 25.7 Å². The number of carbonyl (C=O) groups is 1. The average molecular weight is 303 g/mol. The van der Waals surface area contributed by atoms with Gasteiger partial charge in [-0.05, 0) is 38.2 Å². The second kappa shape index (κ2) is 7.25. The molecule has 0 aliphatic carbocycles. The lowest BCUT2D eigenvalue weighted by molar-refractivity contribution is -0.153. The molecule has 4 heteroatoms. The minimum absolute atomic E-state index is 0.127. The van der Waals surface area contributed by atoms with E-state index in [1.807, 2.05) is 11.0 Å². The molecule has 2 saturated heterocycles. The van der Waals surface area contributed by atoms with E-state index in [-0.39, 0.29) is 24.2 Å². The number of nitrogens with zero attached hydrogens (tertiary/aromatic N) is 1. The third-order valence-electron chi connectivity index (χ3n) is 4.59. The largest absolute Gasteiger partial charge is 0.374 e. The monoisotopic (exact) mass is 303 g/mol. The molecule has 0 radical (unpaired) electrons. The molecule has 2 heterocycles. The first-order chi connectivity index (χ1) is 10.7. The standard InChI is InChI=1S/C18H25NO3/c1-14-13-22-16(10-9-15-6-3-2-4-7-15)12-19(14)18(20)17-8-5-11-21-17/h2-4,6-7,14,16-17H,5,8-13H2,1H3. The predicted octanol–water partition coefficient (Wildman–Crippen LogP) is 2.41. The number of amides is 1. The molecule has 2 fully saturated rings. The minimum Gasteiger partial charge on any atom is -0.374 e. The quantitative estimate of drug-likeness (QED) is 0.857. The van der Waals surface area contributed by atoms with Crippen molar-refractivity contribution in [2.24, 2.45) is 0 Å². The zero-order valence-electron chi connectivity index (χ0n) is 13.2. The van der Waals surface area contributed by atoms with Crippen molar-refractivity contribution in [2.75, 3.05) is 19.8 Å². The molecular weight excluding hydrogens is 278 g/mol. The van der Waals surface area contributed by atoms with Crippen molar-refractivity contribution in [3.05, 3.63) is 35.9 Å². The Morgan fingerprint density at radius 2 is 2.09 bits per heavy atom. The van der Waals surface area contributed by atoms with Crippen LogP contribution in [0.4, 0.5) is 0 Å². The van der Waals surface area contributed by atoms with Gasteiger partial charge in [0, 0.05) is 13.2 Å². The molecule has 120 valence electrons. The van der Waals surface area contributed by atoms with Gasteiger partial charge in [-0.1, -0.05) is 30.3 Å². The van der Waals surface area contributed by atoms with Crippen LogP contribution >= 0.6 is 0 Å². The molecule has 3 unspecified atom stereocenters. The van der Waals surface area contributed by atoms with E-state index in [2.05, 4.69) is 31.2 Å². The molecule has 0 spiro atoms. The van der Waals surface area contributed by atoms with Crippen LogP contribution in [0.15, 0.2) is 30.3 Å². The smallest absolute Gasteiger partial charge is 0.252 e. The molecule has 3 rings (SSSR count). The van der Waals surface area contributed by atoms with E-state index < -0.39 is 0 Å². The summed E-state index contributed by atoms with van der Waals surface area (Å²) in [7, 11) is 0. The molecule has 22 heavy (non-hydrogen) atoms. The Morgan fingerprint density at radius 1 is 1.27 bits per heavy atom. The maximum Gasteiger partial charge on any atom is 0.252 e. The van der Waals surface area contributed by atoms with Crippen LogP contribution in [0.5, 0.6) is 0 Å². The van der Waals surface area contributed by atoms with E-state index >= 15 is 0 Å². The maximum atomic E-state index is 12.6. The minimum atomic E-state index is -0.227. The summed E-state index contributed by atoms with van der Waals surface area (Å²) in [5.74, 6) is 0.151. The van der Waals surface area contributed by atoms with E-state index in [9.17, 15) is 4.79 Å². The molecule has 1 aromatic rings. The number of rotatable bonds is 4. The van der Waals surface area contributed by atoms with Crippen molar-refractivity contribution >= 4 is 5.91 Å². The molecule has 2 aliphatic rings. The highest BCUT2D eigenvalue weighted by atomic mass is 16.5. The molecule has 4 nitrogen and oxygen atoms in total. The fraction of sp³-hybridized carbons (Fsp3) is 0.611. The number of hydrogen-bond donors (Lipinski definition) is 0. The van der Waals surface area contributed by atoms with Crippen LogP contribution in [0, 0.1) is 0 Å². The van der Waals surface area contributed by atoms with E-state index in [0.29, 0.717) is 19.8 Å². The number of carbonyl (C=O) groups excluding carboxylic acids is 1. The van der Waals surface area contributed by atoms with Crippen molar-refractivity contribution in [1.29, 1.82) is 0 Å². The lowest BCUT2D eigenvalue weighted by atomic mass is 10.0. The van der Waals surface area contributed by atoms with Crippen LogP contribution in [-0.4, -0.2) is 48.8 Å². The van der Waals surface area contributed by atoms with Crippen LogP contribution in [0.25, 0.3) is 0 Å². The normalized spacial score (nSPS) is 28.8. The van der Waals surface area contributed by atoms with Crippen molar-refractivity contribution in [3.63, 3.8) is 0 Å². The lowest BCUT2D eigenvalue weighted by Crippen LogP contribution is -2.53. The van der Waals surface area contributed by atoms with Crippen LogP contribution < -0.4 is 0 Å². The van der Waals surface area contributed by atoms with Gasteiger partial charge in [-0.15, -0.1) is 0 Å². The third-order valence-corrected chi connectivity index (χ3v) is 4.59. The molecule has 1 amide bonds. The Bertz CT molecular complexity index is 484. The summed E-state index contributed by atoms with van der Waals surface area (Å²) in [5, 5.41) is 0. The second-order valence-electron chi connectivity index (χ2n) is 6.32. The van der Waals surface area contributed by atoms with E-state index in [1.54, 1.807) is 0 Å². The van der Waals surface area contributed by atoms with Gasteiger partial charge in [0.2, 0.25) is 0 Å². The van der Waals surface area contributed by atoms with Gasteiger partial charge >= 0.3 is 0 Å². The van der Waals surface area contributed by atoms with Crippen molar-refractivity contribution in [3.8, 4) is 0 Å². The highest BCUT2D eigenvalue weighted by Crippen LogP contribution is 2.21. The first-order valence-electron chi connectivity index (χ1n) is 8.31. The fourth-order valence-electron chi connectivity index (χ4n) is 3.23. The lowest BCUT2D eigenvalue weighted by Gasteiger charge is -2.39. The van der Waals surface area contributed by atoms with Crippen molar-refractivity contribution < 1.29 is 14.3 Å². The zero-order chi connectivity index (χ0) is 15.4.